The number of hydrogen-bond donors (Lipinski definition) is 2. The lowest BCUT2D eigenvalue weighted by atomic mass is 10.2. The van der Waals surface area contributed by atoms with E-state index in [1.54, 1.807) is 11.0 Å². The molecule has 0 radical (unpaired) electrons. The first kappa shape index (κ1) is 12.7. The van der Waals surface area contributed by atoms with E-state index in [1.165, 1.54) is 0 Å². The zero-order chi connectivity index (χ0) is 12.0. The van der Waals surface area contributed by atoms with E-state index in [1.807, 2.05) is 6.92 Å². The molecular formula is C11H19N3O2. The molecule has 0 atom stereocenters. The van der Waals surface area contributed by atoms with Gasteiger partial charge >= 0.3 is 0 Å². The lowest BCUT2D eigenvalue weighted by Gasteiger charge is -2.20. The smallest absolute Gasteiger partial charge is 0.274 e. The van der Waals surface area contributed by atoms with Gasteiger partial charge in [-0.05, 0) is 19.4 Å². The molecular weight excluding hydrogens is 206 g/mol. The first-order chi connectivity index (χ1) is 7.69. The molecule has 1 aromatic heterocycles. The predicted octanol–water partition coefficient (Wildman–Crippen LogP) is 0.953. The van der Waals surface area contributed by atoms with Crippen molar-refractivity contribution in [3.05, 3.63) is 17.5 Å². The number of carbonyl (C=O) groups is 1. The number of nitrogens with zero attached hydrogens (tertiary/aromatic N) is 2. The van der Waals surface area contributed by atoms with Crippen LogP contribution in [0.1, 0.15) is 35.9 Å². The number of amides is 1. The van der Waals surface area contributed by atoms with Crippen LogP contribution in [0.5, 0.6) is 0 Å². The second-order valence-electron chi connectivity index (χ2n) is 3.81. The molecule has 5 heteroatoms. The fraction of sp³-hybridized carbons (Fsp3) is 0.636. The SMILES string of the molecule is CCCCN(CCO)C(=O)c1cc(C)[nH]n1. The molecule has 0 unspecified atom stereocenters. The Hall–Kier alpha value is -1.36. The number of aromatic nitrogens is 2. The van der Waals surface area contributed by atoms with E-state index in [9.17, 15) is 4.79 Å². The van der Waals surface area contributed by atoms with Crippen LogP contribution in [0.15, 0.2) is 6.07 Å². The fourth-order valence-corrected chi connectivity index (χ4v) is 1.47. The number of rotatable bonds is 6. The molecule has 0 aliphatic heterocycles. The quantitative estimate of drug-likeness (QED) is 0.757. The van der Waals surface area contributed by atoms with Crippen LogP contribution in [-0.4, -0.2) is 45.8 Å². The van der Waals surface area contributed by atoms with E-state index < -0.39 is 0 Å². The molecule has 0 saturated heterocycles. The zero-order valence-electron chi connectivity index (χ0n) is 9.86. The van der Waals surface area contributed by atoms with E-state index in [4.69, 9.17) is 5.11 Å². The average Bonchev–Trinajstić information content (AvgIpc) is 2.70. The Morgan fingerprint density at radius 2 is 2.31 bits per heavy atom. The summed E-state index contributed by atoms with van der Waals surface area (Å²) in [4.78, 5) is 13.6. The van der Waals surface area contributed by atoms with Crippen LogP contribution < -0.4 is 0 Å². The van der Waals surface area contributed by atoms with E-state index in [0.29, 0.717) is 18.8 Å². The maximum absolute atomic E-state index is 12.0. The van der Waals surface area contributed by atoms with E-state index >= 15 is 0 Å². The van der Waals surface area contributed by atoms with Gasteiger partial charge in [-0.3, -0.25) is 9.89 Å². The van der Waals surface area contributed by atoms with Gasteiger partial charge in [0.15, 0.2) is 0 Å². The van der Waals surface area contributed by atoms with Crippen LogP contribution in [0.4, 0.5) is 0 Å². The molecule has 1 aromatic rings. The first-order valence-corrected chi connectivity index (χ1v) is 5.61. The monoisotopic (exact) mass is 225 g/mol. The summed E-state index contributed by atoms with van der Waals surface area (Å²) in [5.74, 6) is -0.119. The number of carbonyl (C=O) groups excluding carboxylic acids is 1. The summed E-state index contributed by atoms with van der Waals surface area (Å²) in [7, 11) is 0. The third-order valence-electron chi connectivity index (χ3n) is 2.36. The van der Waals surface area contributed by atoms with Crippen molar-refractivity contribution >= 4 is 5.91 Å². The van der Waals surface area contributed by atoms with Gasteiger partial charge in [0.1, 0.15) is 5.69 Å². The Morgan fingerprint density at radius 3 is 2.81 bits per heavy atom. The van der Waals surface area contributed by atoms with E-state index in [0.717, 1.165) is 18.5 Å². The fourth-order valence-electron chi connectivity index (χ4n) is 1.47. The summed E-state index contributed by atoms with van der Waals surface area (Å²) in [5, 5.41) is 15.6. The van der Waals surface area contributed by atoms with Crippen LogP contribution in [0.25, 0.3) is 0 Å². The van der Waals surface area contributed by atoms with Crippen LogP contribution in [0.2, 0.25) is 0 Å². The molecule has 2 N–H and O–H groups in total. The van der Waals surface area contributed by atoms with Crippen molar-refractivity contribution in [2.24, 2.45) is 0 Å². The predicted molar refractivity (Wildman–Crippen MR) is 61.2 cm³/mol. The molecule has 0 fully saturated rings. The molecule has 16 heavy (non-hydrogen) atoms. The summed E-state index contributed by atoms with van der Waals surface area (Å²) < 4.78 is 0. The highest BCUT2D eigenvalue weighted by molar-refractivity contribution is 5.92. The zero-order valence-corrected chi connectivity index (χ0v) is 9.86. The number of aryl methyl sites for hydroxylation is 1. The van der Waals surface area contributed by atoms with Crippen molar-refractivity contribution < 1.29 is 9.90 Å². The van der Waals surface area contributed by atoms with Gasteiger partial charge in [-0.25, -0.2) is 0 Å². The second kappa shape index (κ2) is 6.27. The van der Waals surface area contributed by atoms with Gasteiger partial charge in [0.2, 0.25) is 0 Å². The van der Waals surface area contributed by atoms with Crippen LogP contribution in [0.3, 0.4) is 0 Å². The number of aliphatic hydroxyl groups excluding tert-OH is 1. The molecule has 90 valence electrons. The standard InChI is InChI=1S/C11H19N3O2/c1-3-4-5-14(6-7-15)11(16)10-8-9(2)12-13-10/h8,15H,3-7H2,1-2H3,(H,12,13). The minimum absolute atomic E-state index is 0.0150. The van der Waals surface area contributed by atoms with Crippen LogP contribution >= 0.6 is 0 Å². The Morgan fingerprint density at radius 1 is 1.56 bits per heavy atom. The molecule has 0 bridgehead atoms. The highest BCUT2D eigenvalue weighted by Crippen LogP contribution is 2.05. The molecule has 1 rings (SSSR count). The molecule has 0 aromatic carbocycles. The third kappa shape index (κ3) is 3.34. The van der Waals surface area contributed by atoms with Gasteiger partial charge in [-0.1, -0.05) is 13.3 Å². The molecule has 5 nitrogen and oxygen atoms in total. The van der Waals surface area contributed by atoms with Gasteiger partial charge in [0.05, 0.1) is 6.61 Å². The average molecular weight is 225 g/mol. The maximum Gasteiger partial charge on any atom is 0.274 e. The lowest BCUT2D eigenvalue weighted by molar-refractivity contribution is 0.0713. The highest BCUT2D eigenvalue weighted by atomic mass is 16.3. The van der Waals surface area contributed by atoms with E-state index in [2.05, 4.69) is 17.1 Å². The number of hydrogen-bond acceptors (Lipinski definition) is 3. The summed E-state index contributed by atoms with van der Waals surface area (Å²) in [6.07, 6.45) is 1.96. The Labute approximate surface area is 95.5 Å². The largest absolute Gasteiger partial charge is 0.395 e. The molecule has 0 spiro atoms. The first-order valence-electron chi connectivity index (χ1n) is 5.61. The van der Waals surface area contributed by atoms with Crippen molar-refractivity contribution in [1.29, 1.82) is 0 Å². The van der Waals surface area contributed by atoms with Crippen molar-refractivity contribution in [3.8, 4) is 0 Å². The molecule has 0 aliphatic rings. The van der Waals surface area contributed by atoms with Gasteiger partial charge in [-0.2, -0.15) is 5.10 Å². The minimum atomic E-state index is -0.119. The Kier molecular flexibility index (Phi) is 4.98. The number of H-pyrrole nitrogens is 1. The number of nitrogens with one attached hydrogen (secondary N) is 1. The molecule has 0 saturated carbocycles. The van der Waals surface area contributed by atoms with Crippen molar-refractivity contribution in [2.75, 3.05) is 19.7 Å². The molecule has 1 amide bonds. The molecule has 1 heterocycles. The van der Waals surface area contributed by atoms with Crippen LogP contribution in [0, 0.1) is 6.92 Å². The second-order valence-corrected chi connectivity index (χ2v) is 3.81. The normalized spacial score (nSPS) is 10.4. The van der Waals surface area contributed by atoms with Gasteiger partial charge in [-0.15, -0.1) is 0 Å². The van der Waals surface area contributed by atoms with Crippen molar-refractivity contribution in [3.63, 3.8) is 0 Å². The lowest BCUT2D eigenvalue weighted by Crippen LogP contribution is -2.34. The summed E-state index contributed by atoms with van der Waals surface area (Å²) in [5.41, 5.74) is 1.28. The summed E-state index contributed by atoms with van der Waals surface area (Å²) in [6.45, 7) is 4.94. The third-order valence-corrected chi connectivity index (χ3v) is 2.36. The highest BCUT2D eigenvalue weighted by Gasteiger charge is 2.16. The molecule has 0 aliphatic carbocycles. The summed E-state index contributed by atoms with van der Waals surface area (Å²) in [6, 6.07) is 1.72. The van der Waals surface area contributed by atoms with Crippen LogP contribution in [-0.2, 0) is 0 Å². The van der Waals surface area contributed by atoms with Crippen molar-refractivity contribution in [1.82, 2.24) is 15.1 Å². The van der Waals surface area contributed by atoms with E-state index in [-0.39, 0.29) is 12.5 Å². The Balaban J connectivity index is 2.66. The number of aliphatic hydroxyl groups is 1. The van der Waals surface area contributed by atoms with Crippen molar-refractivity contribution in [2.45, 2.75) is 26.7 Å². The minimum Gasteiger partial charge on any atom is -0.395 e. The van der Waals surface area contributed by atoms with Gasteiger partial charge in [0, 0.05) is 18.8 Å². The summed E-state index contributed by atoms with van der Waals surface area (Å²) >= 11 is 0. The topological polar surface area (TPSA) is 69.2 Å². The number of aromatic amines is 1. The number of unbranched alkanes of at least 4 members (excludes halogenated alkanes) is 1. The Bertz CT molecular complexity index is 336. The van der Waals surface area contributed by atoms with Gasteiger partial charge < -0.3 is 10.0 Å². The maximum atomic E-state index is 12.0. The van der Waals surface area contributed by atoms with Gasteiger partial charge in [0.25, 0.3) is 5.91 Å².